The van der Waals surface area contributed by atoms with Gasteiger partial charge in [-0.15, -0.1) is 12.6 Å². The van der Waals surface area contributed by atoms with Crippen molar-refractivity contribution in [1.82, 2.24) is 9.80 Å². The van der Waals surface area contributed by atoms with Crippen LogP contribution in [0.4, 0.5) is 26.3 Å². The minimum atomic E-state index is -3.80. The van der Waals surface area contributed by atoms with Gasteiger partial charge < -0.3 is 0 Å². The molecule has 2 aliphatic heterocycles. The number of aryl methyl sites for hydroxylation is 2. The number of nitrogens with zero attached hydrogens (tertiary/aromatic N) is 2. The summed E-state index contributed by atoms with van der Waals surface area (Å²) >= 11 is 6.05. The first-order chi connectivity index (χ1) is 24.9. The maximum Gasteiger partial charge on any atom is 0.351 e. The fourth-order valence-electron chi connectivity index (χ4n) is 4.74. The fraction of sp³-hybridized carbons (Fsp3) is 0.158. The first-order valence-corrected chi connectivity index (χ1v) is 17.5. The van der Waals surface area contributed by atoms with E-state index in [9.17, 15) is 45.5 Å². The molecule has 0 saturated carbocycles. The van der Waals surface area contributed by atoms with Gasteiger partial charge in [0, 0.05) is 9.79 Å². The Morgan fingerprint density at radius 2 is 0.962 bits per heavy atom. The van der Waals surface area contributed by atoms with E-state index in [1.165, 1.54) is 42.0 Å². The van der Waals surface area contributed by atoms with Gasteiger partial charge in [0.25, 0.3) is 23.6 Å². The van der Waals surface area contributed by atoms with Crippen molar-refractivity contribution in [2.24, 2.45) is 0 Å². The molecule has 0 radical (unpaired) electrons. The van der Waals surface area contributed by atoms with Gasteiger partial charge in [0.2, 0.25) is 0 Å². The minimum Gasteiger partial charge on any atom is -0.270 e. The molecule has 2 heterocycles. The summed E-state index contributed by atoms with van der Waals surface area (Å²) in [6.07, 6.45) is 1.07. The summed E-state index contributed by atoms with van der Waals surface area (Å²) < 4.78 is 80.2. The molecule has 53 heavy (non-hydrogen) atoms. The Hall–Kier alpha value is -4.60. The number of rotatable bonds is 8. The summed E-state index contributed by atoms with van der Waals surface area (Å²) in [6, 6.07) is 26.5. The number of allylic oxidation sites excluding steroid dienone is 1. The van der Waals surface area contributed by atoms with Crippen LogP contribution in [0, 0.1) is 13.8 Å². The van der Waals surface area contributed by atoms with Crippen LogP contribution in [0.2, 0.25) is 0 Å². The predicted molar refractivity (Wildman–Crippen MR) is 196 cm³/mol. The van der Waals surface area contributed by atoms with E-state index >= 15 is 0 Å². The average molecular weight is 836 g/mol. The Labute approximate surface area is 319 Å². The molecule has 0 N–H and O–H groups in total. The number of halogens is 7. The molecular formula is C38H29BrF6N2O4S2. The van der Waals surface area contributed by atoms with Crippen LogP contribution in [0.5, 0.6) is 0 Å². The van der Waals surface area contributed by atoms with Crippen LogP contribution < -0.4 is 0 Å². The molecule has 2 aliphatic rings. The molecule has 0 bridgehead atoms. The van der Waals surface area contributed by atoms with E-state index in [1.807, 2.05) is 47.1 Å². The number of hydrogen-bond donors (Lipinski definition) is 1. The van der Waals surface area contributed by atoms with Gasteiger partial charge in [-0.2, -0.15) is 17.6 Å². The Balaban J connectivity index is 0.000000202. The zero-order valence-electron chi connectivity index (χ0n) is 27.8. The Morgan fingerprint density at radius 1 is 0.623 bits per heavy atom. The van der Waals surface area contributed by atoms with Crippen molar-refractivity contribution in [2.45, 2.75) is 33.7 Å². The molecule has 0 unspecified atom stereocenters. The van der Waals surface area contributed by atoms with Gasteiger partial charge in [-0.25, -0.2) is 8.78 Å². The number of fused-ring (bicyclic) bond motifs is 2. The number of imide groups is 2. The largest absolute Gasteiger partial charge is 0.351 e. The van der Waals surface area contributed by atoms with Crippen molar-refractivity contribution in [2.75, 3.05) is 13.1 Å². The molecule has 0 fully saturated rings. The maximum absolute atomic E-state index is 14.1. The average Bonchev–Trinajstić information content (AvgIpc) is 3.51. The fourth-order valence-corrected chi connectivity index (χ4v) is 5.80. The van der Waals surface area contributed by atoms with E-state index in [1.54, 1.807) is 36.4 Å². The van der Waals surface area contributed by atoms with Gasteiger partial charge in [-0.1, -0.05) is 59.7 Å². The maximum atomic E-state index is 14.1. The third-order valence-corrected chi connectivity index (χ3v) is 9.15. The molecule has 6 rings (SSSR count). The first kappa shape index (κ1) is 41.2. The number of thiol groups is 1. The highest BCUT2D eigenvalue weighted by molar-refractivity contribution is 9.10. The smallest absolute Gasteiger partial charge is 0.270 e. The van der Waals surface area contributed by atoms with E-state index in [0.29, 0.717) is 17.1 Å². The summed E-state index contributed by atoms with van der Waals surface area (Å²) in [5, 5.41) is -3.80. The summed E-state index contributed by atoms with van der Waals surface area (Å²) in [5.74, 6) is -5.93. The van der Waals surface area contributed by atoms with E-state index < -0.39 is 58.5 Å². The Bertz CT molecular complexity index is 1980. The molecule has 0 spiro atoms. The van der Waals surface area contributed by atoms with E-state index in [4.69, 9.17) is 0 Å². The SMILES string of the molecule is Cc1ccc(S)cc1.Cc1ccc(SC(F)(F)/C(F)=C/CN2C(=O)c3ccccc3C2=O)cc1.O=C1c2ccccc2C(=O)N1C/C=C(\F)C(F)(F)Br. The minimum absolute atomic E-state index is 0.0691. The van der Waals surface area contributed by atoms with Gasteiger partial charge in [0.05, 0.1) is 35.3 Å². The number of benzene rings is 4. The van der Waals surface area contributed by atoms with Gasteiger partial charge in [0.15, 0.2) is 11.7 Å². The highest BCUT2D eigenvalue weighted by Crippen LogP contribution is 2.42. The summed E-state index contributed by atoms with van der Waals surface area (Å²) in [6.45, 7) is 2.78. The zero-order valence-corrected chi connectivity index (χ0v) is 31.1. The second-order valence-electron chi connectivity index (χ2n) is 11.4. The third-order valence-electron chi connectivity index (χ3n) is 7.51. The molecule has 0 aliphatic carbocycles. The summed E-state index contributed by atoms with van der Waals surface area (Å²) in [4.78, 5) is 46.8. The van der Waals surface area contributed by atoms with Crippen LogP contribution in [0.1, 0.15) is 52.6 Å². The Morgan fingerprint density at radius 3 is 1.30 bits per heavy atom. The highest BCUT2D eigenvalue weighted by atomic mass is 79.9. The van der Waals surface area contributed by atoms with Crippen molar-refractivity contribution in [3.63, 3.8) is 0 Å². The quantitative estimate of drug-likeness (QED) is 0.0629. The lowest BCUT2D eigenvalue weighted by molar-refractivity contribution is 0.0652. The number of alkyl halides is 5. The molecule has 0 aromatic heterocycles. The van der Waals surface area contributed by atoms with Crippen LogP contribution in [-0.4, -0.2) is 56.6 Å². The molecule has 4 aromatic carbocycles. The molecule has 276 valence electrons. The van der Waals surface area contributed by atoms with Crippen LogP contribution in [-0.2, 0) is 0 Å². The molecule has 4 aromatic rings. The Kier molecular flexibility index (Phi) is 13.6. The lowest BCUT2D eigenvalue weighted by atomic mass is 10.1. The second-order valence-corrected chi connectivity index (χ2v) is 14.1. The highest BCUT2D eigenvalue weighted by Gasteiger charge is 2.39. The zero-order chi connectivity index (χ0) is 39.1. The third kappa shape index (κ3) is 10.5. The van der Waals surface area contributed by atoms with Crippen molar-refractivity contribution < 1.29 is 45.5 Å². The van der Waals surface area contributed by atoms with Crippen molar-refractivity contribution in [1.29, 1.82) is 0 Å². The monoisotopic (exact) mass is 834 g/mol. The van der Waals surface area contributed by atoms with Gasteiger partial charge in [-0.05, 0) is 102 Å². The van der Waals surface area contributed by atoms with E-state index in [0.717, 1.165) is 15.4 Å². The standard InChI is InChI=1S/C19H14F3NO2S.C12H7BrF3NO2.C7H8S/c1-12-6-8-13(9-7-12)26-19(21,22)16(20)10-11-23-17(24)14-4-2-3-5-15(14)18(23)25;13-12(15,16)9(14)5-6-17-10(18)7-3-1-2-4-8(7)11(17)19;1-6-2-4-7(8)5-3-6/h2-10H,11H2,1H3;1-5H,6H2;2-5,8H,1H3/b16-10-;9-5-;. The topological polar surface area (TPSA) is 74.8 Å². The van der Waals surface area contributed by atoms with Crippen molar-refractivity contribution >= 4 is 63.9 Å². The predicted octanol–water partition coefficient (Wildman–Crippen LogP) is 10.2. The summed E-state index contributed by atoms with van der Waals surface area (Å²) in [5.41, 5.74) is 2.93. The number of thioether (sulfide) groups is 1. The molecule has 15 heteroatoms. The van der Waals surface area contributed by atoms with Gasteiger partial charge in [0.1, 0.15) is 0 Å². The first-order valence-electron chi connectivity index (χ1n) is 15.5. The number of hydrogen-bond acceptors (Lipinski definition) is 6. The molecule has 4 amide bonds. The molecule has 6 nitrogen and oxygen atoms in total. The second kappa shape index (κ2) is 17.5. The van der Waals surface area contributed by atoms with Gasteiger partial charge in [-0.3, -0.25) is 29.0 Å². The normalized spacial score (nSPS) is 14.4. The van der Waals surface area contributed by atoms with Crippen LogP contribution in [0.3, 0.4) is 0 Å². The number of carbonyl (C=O) groups excluding carboxylic acids is 4. The molecular weight excluding hydrogens is 806 g/mol. The number of amides is 4. The molecule has 0 atom stereocenters. The number of carbonyl (C=O) groups is 4. The van der Waals surface area contributed by atoms with E-state index in [2.05, 4.69) is 19.6 Å². The van der Waals surface area contributed by atoms with E-state index in [-0.39, 0.29) is 38.9 Å². The van der Waals surface area contributed by atoms with Crippen LogP contribution in [0.15, 0.2) is 131 Å². The van der Waals surface area contributed by atoms with Crippen molar-refractivity contribution in [3.05, 3.63) is 154 Å². The molecule has 0 saturated heterocycles. The summed E-state index contributed by atoms with van der Waals surface area (Å²) in [7, 11) is 0. The van der Waals surface area contributed by atoms with Crippen LogP contribution in [0.25, 0.3) is 0 Å². The lowest BCUT2D eigenvalue weighted by Crippen LogP contribution is -2.30. The lowest BCUT2D eigenvalue weighted by Gasteiger charge is -2.15. The van der Waals surface area contributed by atoms with Gasteiger partial charge >= 0.3 is 10.1 Å². The van der Waals surface area contributed by atoms with Crippen LogP contribution >= 0.6 is 40.3 Å². The van der Waals surface area contributed by atoms with Crippen molar-refractivity contribution in [3.8, 4) is 0 Å².